The fraction of sp³-hybridized carbons (Fsp3) is 0.550. The minimum Gasteiger partial charge on any atom is -0.494 e. The van der Waals surface area contributed by atoms with Crippen molar-refractivity contribution in [2.75, 3.05) is 32.8 Å². The highest BCUT2D eigenvalue weighted by Crippen LogP contribution is 2.23. The van der Waals surface area contributed by atoms with Gasteiger partial charge in [-0.2, -0.15) is 0 Å². The molecule has 0 radical (unpaired) electrons. The number of benzene rings is 1. The lowest BCUT2D eigenvalue weighted by Gasteiger charge is -2.32. The first-order valence-corrected chi connectivity index (χ1v) is 9.64. The highest BCUT2D eigenvalue weighted by molar-refractivity contribution is 6.04. The number of hydrogen-bond acceptors (Lipinski definition) is 4. The third kappa shape index (κ3) is 4.99. The zero-order chi connectivity index (χ0) is 19.2. The van der Waals surface area contributed by atoms with Crippen molar-refractivity contribution >= 4 is 17.8 Å². The normalized spacial score (nSPS) is 18.0. The first-order chi connectivity index (χ1) is 13.1. The fourth-order valence-corrected chi connectivity index (χ4v) is 3.61. The standard InChI is InChI=1S/C20H27N3O4/c1-2-27-17-7-5-15(6-8-17)3-4-16-9-11-22(12-10-16)19(25)14-23-18(24)13-21-20(23)26/h5-8,16H,2-4,9-14H2,1H3,(H,21,26). The molecule has 4 amide bonds. The Hall–Kier alpha value is -2.57. The highest BCUT2D eigenvalue weighted by atomic mass is 16.5. The van der Waals surface area contributed by atoms with E-state index in [4.69, 9.17) is 4.74 Å². The Morgan fingerprint density at radius 3 is 2.48 bits per heavy atom. The van der Waals surface area contributed by atoms with Gasteiger partial charge in [-0.25, -0.2) is 4.79 Å². The number of rotatable bonds is 7. The average Bonchev–Trinajstić information content (AvgIpc) is 3.00. The molecule has 27 heavy (non-hydrogen) atoms. The van der Waals surface area contributed by atoms with Gasteiger partial charge in [0, 0.05) is 13.1 Å². The smallest absolute Gasteiger partial charge is 0.325 e. The molecule has 2 aliphatic heterocycles. The second-order valence-corrected chi connectivity index (χ2v) is 7.08. The van der Waals surface area contributed by atoms with Crippen molar-refractivity contribution in [2.24, 2.45) is 5.92 Å². The molecule has 0 aliphatic carbocycles. The summed E-state index contributed by atoms with van der Waals surface area (Å²) < 4.78 is 5.46. The van der Waals surface area contributed by atoms with E-state index in [0.717, 1.165) is 36.3 Å². The van der Waals surface area contributed by atoms with Crippen LogP contribution in [0.5, 0.6) is 5.75 Å². The van der Waals surface area contributed by atoms with Crippen LogP contribution in [0.3, 0.4) is 0 Å². The number of piperidine rings is 1. The van der Waals surface area contributed by atoms with E-state index in [2.05, 4.69) is 17.4 Å². The number of aryl methyl sites for hydroxylation is 1. The molecule has 2 fully saturated rings. The summed E-state index contributed by atoms with van der Waals surface area (Å²) in [6, 6.07) is 7.77. The molecular weight excluding hydrogens is 346 g/mol. The van der Waals surface area contributed by atoms with Crippen LogP contribution in [0.15, 0.2) is 24.3 Å². The zero-order valence-electron chi connectivity index (χ0n) is 15.8. The molecule has 1 N–H and O–H groups in total. The molecule has 2 saturated heterocycles. The van der Waals surface area contributed by atoms with Crippen molar-refractivity contribution in [2.45, 2.75) is 32.6 Å². The first-order valence-electron chi connectivity index (χ1n) is 9.64. The van der Waals surface area contributed by atoms with E-state index in [1.807, 2.05) is 19.1 Å². The lowest BCUT2D eigenvalue weighted by molar-refractivity contribution is -0.137. The molecule has 1 aromatic rings. The predicted octanol–water partition coefficient (Wildman–Crippen LogP) is 1.81. The van der Waals surface area contributed by atoms with Gasteiger partial charge in [-0.3, -0.25) is 14.5 Å². The van der Waals surface area contributed by atoms with E-state index in [-0.39, 0.29) is 24.9 Å². The molecular formula is C20H27N3O4. The van der Waals surface area contributed by atoms with Crippen molar-refractivity contribution in [1.29, 1.82) is 0 Å². The summed E-state index contributed by atoms with van der Waals surface area (Å²) in [7, 11) is 0. The fourth-order valence-electron chi connectivity index (χ4n) is 3.61. The number of urea groups is 1. The van der Waals surface area contributed by atoms with Crippen LogP contribution in [-0.2, 0) is 16.0 Å². The number of ether oxygens (including phenoxy) is 1. The van der Waals surface area contributed by atoms with Gasteiger partial charge in [-0.15, -0.1) is 0 Å². The summed E-state index contributed by atoms with van der Waals surface area (Å²) in [5.74, 6) is 1.01. The van der Waals surface area contributed by atoms with Crippen LogP contribution >= 0.6 is 0 Å². The maximum Gasteiger partial charge on any atom is 0.325 e. The van der Waals surface area contributed by atoms with Crippen molar-refractivity contribution < 1.29 is 19.1 Å². The van der Waals surface area contributed by atoms with Crippen LogP contribution in [0.4, 0.5) is 4.79 Å². The molecule has 0 atom stereocenters. The molecule has 0 saturated carbocycles. The summed E-state index contributed by atoms with van der Waals surface area (Å²) in [6.07, 6.45) is 4.04. The van der Waals surface area contributed by atoms with Gasteiger partial charge in [0.05, 0.1) is 13.2 Å². The van der Waals surface area contributed by atoms with Crippen LogP contribution in [0.25, 0.3) is 0 Å². The third-order valence-electron chi connectivity index (χ3n) is 5.27. The molecule has 3 rings (SSSR count). The Morgan fingerprint density at radius 1 is 1.19 bits per heavy atom. The molecule has 2 heterocycles. The summed E-state index contributed by atoms with van der Waals surface area (Å²) in [5.41, 5.74) is 1.30. The van der Waals surface area contributed by atoms with Gasteiger partial charge in [0.15, 0.2) is 0 Å². The molecule has 0 spiro atoms. The van der Waals surface area contributed by atoms with Gasteiger partial charge in [0.1, 0.15) is 12.3 Å². The molecule has 146 valence electrons. The molecule has 2 aliphatic rings. The number of hydrogen-bond donors (Lipinski definition) is 1. The molecule has 1 aromatic carbocycles. The van der Waals surface area contributed by atoms with Gasteiger partial charge in [0.25, 0.3) is 5.91 Å². The number of carbonyl (C=O) groups excluding carboxylic acids is 3. The zero-order valence-corrected chi connectivity index (χ0v) is 15.8. The maximum atomic E-state index is 12.4. The van der Waals surface area contributed by atoms with E-state index >= 15 is 0 Å². The van der Waals surface area contributed by atoms with Crippen molar-refractivity contribution in [3.8, 4) is 5.75 Å². The van der Waals surface area contributed by atoms with E-state index in [9.17, 15) is 14.4 Å². The summed E-state index contributed by atoms with van der Waals surface area (Å²) in [5, 5.41) is 2.44. The number of nitrogens with one attached hydrogen (secondary N) is 1. The lowest BCUT2D eigenvalue weighted by Crippen LogP contribution is -2.46. The lowest BCUT2D eigenvalue weighted by atomic mass is 9.90. The molecule has 7 nitrogen and oxygen atoms in total. The van der Waals surface area contributed by atoms with E-state index in [1.165, 1.54) is 5.56 Å². The number of nitrogens with zero attached hydrogens (tertiary/aromatic N) is 2. The Kier molecular flexibility index (Phi) is 6.32. The Balaban J connectivity index is 1.40. The number of carbonyl (C=O) groups is 3. The van der Waals surface area contributed by atoms with E-state index in [0.29, 0.717) is 25.6 Å². The van der Waals surface area contributed by atoms with Crippen molar-refractivity contribution in [1.82, 2.24) is 15.1 Å². The maximum absolute atomic E-state index is 12.4. The Morgan fingerprint density at radius 2 is 1.89 bits per heavy atom. The van der Waals surface area contributed by atoms with Gasteiger partial charge >= 0.3 is 6.03 Å². The highest BCUT2D eigenvalue weighted by Gasteiger charge is 2.32. The SMILES string of the molecule is CCOc1ccc(CCC2CCN(C(=O)CN3C(=O)CNC3=O)CC2)cc1. The Bertz CT molecular complexity index is 665. The Labute approximate surface area is 159 Å². The van der Waals surface area contributed by atoms with Crippen molar-refractivity contribution in [3.05, 3.63) is 29.8 Å². The minimum atomic E-state index is -0.474. The largest absolute Gasteiger partial charge is 0.494 e. The first kappa shape index (κ1) is 19.2. The summed E-state index contributed by atoms with van der Waals surface area (Å²) in [6.45, 7) is 3.87. The van der Waals surface area contributed by atoms with Gasteiger partial charge in [-0.05, 0) is 56.2 Å². The molecule has 7 heteroatoms. The van der Waals surface area contributed by atoms with Crippen LogP contribution in [-0.4, -0.2) is 60.4 Å². The molecule has 0 aromatic heterocycles. The molecule has 0 unspecified atom stereocenters. The second-order valence-electron chi connectivity index (χ2n) is 7.08. The predicted molar refractivity (Wildman–Crippen MR) is 100 cm³/mol. The quantitative estimate of drug-likeness (QED) is 0.740. The van der Waals surface area contributed by atoms with E-state index in [1.54, 1.807) is 4.90 Å². The number of likely N-dealkylation sites (tertiary alicyclic amines) is 1. The van der Waals surface area contributed by atoms with Crippen molar-refractivity contribution in [3.63, 3.8) is 0 Å². The molecule has 0 bridgehead atoms. The van der Waals surface area contributed by atoms with Crippen LogP contribution in [0.2, 0.25) is 0 Å². The van der Waals surface area contributed by atoms with E-state index < -0.39 is 6.03 Å². The average molecular weight is 373 g/mol. The van der Waals surface area contributed by atoms with Crippen LogP contribution in [0, 0.1) is 5.92 Å². The van der Waals surface area contributed by atoms with Crippen LogP contribution < -0.4 is 10.1 Å². The minimum absolute atomic E-state index is 0.0142. The second kappa shape index (κ2) is 8.88. The summed E-state index contributed by atoms with van der Waals surface area (Å²) in [4.78, 5) is 38.3. The topological polar surface area (TPSA) is 79.0 Å². The van der Waals surface area contributed by atoms with Gasteiger partial charge in [0.2, 0.25) is 5.91 Å². The third-order valence-corrected chi connectivity index (χ3v) is 5.27. The monoisotopic (exact) mass is 373 g/mol. The van der Waals surface area contributed by atoms with Gasteiger partial charge < -0.3 is 15.0 Å². The van der Waals surface area contributed by atoms with Gasteiger partial charge in [-0.1, -0.05) is 12.1 Å². The summed E-state index contributed by atoms with van der Waals surface area (Å²) >= 11 is 0. The number of imide groups is 1. The number of amides is 4. The van der Waals surface area contributed by atoms with Crippen LogP contribution in [0.1, 0.15) is 31.7 Å².